The number of aliphatic hydroxyl groups is 1. The van der Waals surface area contributed by atoms with E-state index in [0.717, 1.165) is 25.9 Å². The Morgan fingerprint density at radius 2 is 2.09 bits per heavy atom. The molecule has 3 heteroatoms. The Balaban J connectivity index is 2.06. The summed E-state index contributed by atoms with van der Waals surface area (Å²) in [5.41, 5.74) is 2.71. The molecule has 1 aromatic rings. The monoisotopic (exact) mass is 305 g/mol. The number of aliphatic hydroxyl groups excluding tert-OH is 1. The van der Waals surface area contributed by atoms with Crippen molar-refractivity contribution < 1.29 is 9.84 Å². The maximum Gasteiger partial charge on any atom is 0.0948 e. The lowest BCUT2D eigenvalue weighted by molar-refractivity contribution is 0.0366. The van der Waals surface area contributed by atoms with Crippen molar-refractivity contribution in [3.05, 3.63) is 29.8 Å². The minimum atomic E-state index is -0.447. The lowest BCUT2D eigenvalue weighted by Crippen LogP contribution is -2.52. The van der Waals surface area contributed by atoms with Gasteiger partial charge in [-0.2, -0.15) is 0 Å². The van der Waals surface area contributed by atoms with E-state index in [9.17, 15) is 5.11 Å². The van der Waals surface area contributed by atoms with Crippen LogP contribution in [0.5, 0.6) is 0 Å². The van der Waals surface area contributed by atoms with Gasteiger partial charge in [0.25, 0.3) is 0 Å². The molecule has 1 aliphatic rings. The highest BCUT2D eigenvalue weighted by molar-refractivity contribution is 5.59. The summed E-state index contributed by atoms with van der Waals surface area (Å²) < 4.78 is 5.58. The minimum Gasteiger partial charge on any atom is -0.389 e. The summed E-state index contributed by atoms with van der Waals surface area (Å²) in [4.78, 5) is 2.36. The van der Waals surface area contributed by atoms with Crippen LogP contribution in [0.1, 0.15) is 58.4 Å². The Morgan fingerprint density at radius 3 is 2.82 bits per heavy atom. The number of hydrogen-bond donors (Lipinski definition) is 1. The van der Waals surface area contributed by atoms with Crippen molar-refractivity contribution >= 4 is 5.69 Å². The van der Waals surface area contributed by atoms with Crippen molar-refractivity contribution in [1.29, 1.82) is 0 Å². The third-order valence-corrected chi connectivity index (χ3v) is 4.64. The number of para-hydroxylation sites is 1. The number of nitrogens with zero attached hydrogens (tertiary/aromatic N) is 1. The smallest absolute Gasteiger partial charge is 0.0948 e. The summed E-state index contributed by atoms with van der Waals surface area (Å²) in [7, 11) is 0. The maximum atomic E-state index is 10.4. The Kier molecular flexibility index (Phi) is 5.87. The van der Waals surface area contributed by atoms with E-state index in [1.54, 1.807) is 0 Å². The molecule has 1 heterocycles. The number of rotatable bonds is 7. The number of unbranched alkanes of at least 4 members (excludes halogenated alkanes) is 1. The minimum absolute atomic E-state index is 0.0537. The topological polar surface area (TPSA) is 32.7 Å². The van der Waals surface area contributed by atoms with Crippen molar-refractivity contribution in [2.24, 2.45) is 0 Å². The van der Waals surface area contributed by atoms with Crippen LogP contribution in [-0.2, 0) is 4.74 Å². The van der Waals surface area contributed by atoms with Crippen LogP contribution in [0.3, 0.4) is 0 Å². The molecule has 3 nitrogen and oxygen atoms in total. The molecule has 2 atom stereocenters. The average molecular weight is 305 g/mol. The largest absolute Gasteiger partial charge is 0.389 e. The van der Waals surface area contributed by atoms with Gasteiger partial charge in [0.05, 0.1) is 12.7 Å². The predicted octanol–water partition coefficient (Wildman–Crippen LogP) is 3.96. The van der Waals surface area contributed by atoms with Gasteiger partial charge in [0.1, 0.15) is 0 Å². The molecule has 0 aliphatic carbocycles. The zero-order valence-electron chi connectivity index (χ0n) is 14.5. The number of ether oxygens (including phenoxy) is 1. The van der Waals surface area contributed by atoms with E-state index >= 15 is 0 Å². The van der Waals surface area contributed by atoms with E-state index in [1.165, 1.54) is 11.3 Å². The summed E-state index contributed by atoms with van der Waals surface area (Å²) in [6, 6.07) is 8.59. The van der Waals surface area contributed by atoms with Crippen LogP contribution in [0.4, 0.5) is 5.69 Å². The maximum absolute atomic E-state index is 10.4. The second kappa shape index (κ2) is 7.47. The van der Waals surface area contributed by atoms with Gasteiger partial charge < -0.3 is 14.7 Å². The number of hydrogen-bond acceptors (Lipinski definition) is 3. The SMILES string of the molecule is CCCCOCC(O)CN1c2ccccc2C(C)CC1(C)C. The second-order valence-corrected chi connectivity index (χ2v) is 7.17. The van der Waals surface area contributed by atoms with Gasteiger partial charge in [-0.05, 0) is 44.2 Å². The number of anilines is 1. The third kappa shape index (κ3) is 4.02. The van der Waals surface area contributed by atoms with Crippen molar-refractivity contribution in [2.75, 3.05) is 24.7 Å². The Labute approximate surface area is 135 Å². The zero-order valence-corrected chi connectivity index (χ0v) is 14.5. The standard InChI is InChI=1S/C19H31NO2/c1-5-6-11-22-14-16(21)13-20-18-10-8-7-9-17(18)15(2)12-19(20,3)4/h7-10,15-16,21H,5-6,11-14H2,1-4H3. The van der Waals surface area contributed by atoms with Gasteiger partial charge in [-0.3, -0.25) is 0 Å². The average Bonchev–Trinajstić information content (AvgIpc) is 2.47. The fourth-order valence-corrected chi connectivity index (χ4v) is 3.52. The van der Waals surface area contributed by atoms with Gasteiger partial charge >= 0.3 is 0 Å². The first kappa shape index (κ1) is 17.3. The molecule has 0 amide bonds. The fourth-order valence-electron chi connectivity index (χ4n) is 3.52. The van der Waals surface area contributed by atoms with E-state index in [-0.39, 0.29) is 5.54 Å². The molecule has 22 heavy (non-hydrogen) atoms. The molecule has 1 aromatic carbocycles. The molecule has 0 bridgehead atoms. The first-order chi connectivity index (χ1) is 10.5. The van der Waals surface area contributed by atoms with Crippen molar-refractivity contribution in [1.82, 2.24) is 0 Å². The van der Waals surface area contributed by atoms with Gasteiger partial charge in [0.15, 0.2) is 0 Å². The third-order valence-electron chi connectivity index (χ3n) is 4.64. The highest BCUT2D eigenvalue weighted by atomic mass is 16.5. The van der Waals surface area contributed by atoms with Crippen LogP contribution in [0.25, 0.3) is 0 Å². The predicted molar refractivity (Wildman–Crippen MR) is 92.6 cm³/mol. The van der Waals surface area contributed by atoms with Crippen LogP contribution in [0, 0.1) is 0 Å². The number of benzene rings is 1. The van der Waals surface area contributed by atoms with Crippen LogP contribution in [-0.4, -0.2) is 36.5 Å². The zero-order chi connectivity index (χ0) is 16.2. The van der Waals surface area contributed by atoms with Crippen LogP contribution < -0.4 is 4.90 Å². The highest BCUT2D eigenvalue weighted by Crippen LogP contribution is 2.42. The second-order valence-electron chi connectivity index (χ2n) is 7.17. The number of fused-ring (bicyclic) bond motifs is 1. The normalized spacial score (nSPS) is 21.5. The van der Waals surface area contributed by atoms with E-state index in [4.69, 9.17) is 4.74 Å². The van der Waals surface area contributed by atoms with E-state index < -0.39 is 6.10 Å². The van der Waals surface area contributed by atoms with Crippen molar-refractivity contribution in [3.63, 3.8) is 0 Å². The number of β-amino-alcohol motifs (C(OH)–C–C–N with tert-alkyl or cyclic N) is 1. The van der Waals surface area contributed by atoms with E-state index in [0.29, 0.717) is 19.1 Å². The molecule has 0 radical (unpaired) electrons. The Hall–Kier alpha value is -1.06. The molecule has 1 aliphatic heterocycles. The van der Waals surface area contributed by atoms with Gasteiger partial charge in [-0.1, -0.05) is 38.5 Å². The summed E-state index contributed by atoms with van der Waals surface area (Å²) in [6.45, 7) is 10.8. The van der Waals surface area contributed by atoms with Gasteiger partial charge in [0.2, 0.25) is 0 Å². The molecule has 0 saturated heterocycles. The lowest BCUT2D eigenvalue weighted by atomic mass is 9.80. The first-order valence-corrected chi connectivity index (χ1v) is 8.58. The molecular formula is C19H31NO2. The highest BCUT2D eigenvalue weighted by Gasteiger charge is 2.36. The molecule has 0 aromatic heterocycles. The molecule has 0 saturated carbocycles. The van der Waals surface area contributed by atoms with Crippen LogP contribution in [0.15, 0.2) is 24.3 Å². The Bertz CT molecular complexity index is 472. The summed E-state index contributed by atoms with van der Waals surface area (Å²) in [5, 5.41) is 10.4. The first-order valence-electron chi connectivity index (χ1n) is 8.58. The molecule has 1 N–H and O–H groups in total. The van der Waals surface area contributed by atoms with E-state index in [1.807, 2.05) is 0 Å². The van der Waals surface area contributed by atoms with Gasteiger partial charge in [0, 0.05) is 24.4 Å². The van der Waals surface area contributed by atoms with Crippen LogP contribution >= 0.6 is 0 Å². The molecule has 124 valence electrons. The summed E-state index contributed by atoms with van der Waals surface area (Å²) in [5.74, 6) is 0.556. The van der Waals surface area contributed by atoms with Crippen molar-refractivity contribution in [2.45, 2.75) is 64.5 Å². The quantitative estimate of drug-likeness (QED) is 0.774. The summed E-state index contributed by atoms with van der Waals surface area (Å²) in [6.07, 6.45) is 2.84. The van der Waals surface area contributed by atoms with Gasteiger partial charge in [-0.15, -0.1) is 0 Å². The summed E-state index contributed by atoms with van der Waals surface area (Å²) >= 11 is 0. The van der Waals surface area contributed by atoms with E-state index in [2.05, 4.69) is 56.9 Å². The lowest BCUT2D eigenvalue weighted by Gasteiger charge is -2.48. The van der Waals surface area contributed by atoms with Gasteiger partial charge in [-0.25, -0.2) is 0 Å². The molecule has 2 unspecified atom stereocenters. The van der Waals surface area contributed by atoms with Crippen LogP contribution in [0.2, 0.25) is 0 Å². The molecule has 2 rings (SSSR count). The molecule has 0 fully saturated rings. The van der Waals surface area contributed by atoms with Crippen molar-refractivity contribution in [3.8, 4) is 0 Å². The fraction of sp³-hybridized carbons (Fsp3) is 0.684. The Morgan fingerprint density at radius 1 is 1.36 bits per heavy atom. The molecular weight excluding hydrogens is 274 g/mol. The molecule has 0 spiro atoms.